The maximum atomic E-state index is 12.9. The van der Waals surface area contributed by atoms with Crippen LogP contribution in [0, 0.1) is 6.92 Å². The Balaban J connectivity index is 1.90. The average Bonchev–Trinajstić information content (AvgIpc) is 2.70. The lowest BCUT2D eigenvalue weighted by Crippen LogP contribution is -2.27. The number of carbonyl (C=O) groups is 1. The van der Waals surface area contributed by atoms with Gasteiger partial charge >= 0.3 is 0 Å². The number of amides is 1. The molecule has 0 saturated carbocycles. The molecule has 0 radical (unpaired) electrons. The lowest BCUT2D eigenvalue weighted by molar-refractivity contribution is 0.102. The van der Waals surface area contributed by atoms with E-state index in [9.17, 15) is 13.2 Å². The van der Waals surface area contributed by atoms with E-state index in [0.29, 0.717) is 16.4 Å². The van der Waals surface area contributed by atoms with Gasteiger partial charge in [0.15, 0.2) is 0 Å². The molecule has 0 aromatic heterocycles. The maximum absolute atomic E-state index is 12.9. The molecule has 0 unspecified atom stereocenters. The van der Waals surface area contributed by atoms with E-state index in [1.807, 2.05) is 6.92 Å². The van der Waals surface area contributed by atoms with Crippen molar-refractivity contribution in [3.63, 3.8) is 0 Å². The monoisotopic (exact) mass is 448 g/mol. The second kappa shape index (κ2) is 8.45. The number of rotatable bonds is 5. The molecular formula is C21H18Cl2N2O3S. The Morgan fingerprint density at radius 1 is 0.931 bits per heavy atom. The Morgan fingerprint density at radius 2 is 1.55 bits per heavy atom. The largest absolute Gasteiger partial charge is 0.322 e. The van der Waals surface area contributed by atoms with Gasteiger partial charge in [-0.05, 0) is 61.5 Å². The van der Waals surface area contributed by atoms with Gasteiger partial charge in [0, 0.05) is 17.8 Å². The highest BCUT2D eigenvalue weighted by atomic mass is 35.5. The summed E-state index contributed by atoms with van der Waals surface area (Å²) >= 11 is 12.0. The van der Waals surface area contributed by atoms with Gasteiger partial charge in [-0.2, -0.15) is 0 Å². The van der Waals surface area contributed by atoms with Gasteiger partial charge in [-0.25, -0.2) is 8.42 Å². The first-order valence-electron chi connectivity index (χ1n) is 8.60. The predicted molar refractivity (Wildman–Crippen MR) is 118 cm³/mol. The Hall–Kier alpha value is -2.54. The summed E-state index contributed by atoms with van der Waals surface area (Å²) in [7, 11) is -2.35. The van der Waals surface area contributed by atoms with Crippen LogP contribution in [-0.2, 0) is 10.0 Å². The zero-order chi connectivity index (χ0) is 21.2. The van der Waals surface area contributed by atoms with Crippen molar-refractivity contribution in [3.8, 4) is 0 Å². The molecule has 0 atom stereocenters. The van der Waals surface area contributed by atoms with E-state index in [2.05, 4.69) is 5.32 Å². The zero-order valence-electron chi connectivity index (χ0n) is 15.7. The molecule has 150 valence electrons. The van der Waals surface area contributed by atoms with E-state index in [0.717, 1.165) is 9.87 Å². The summed E-state index contributed by atoms with van der Waals surface area (Å²) < 4.78 is 26.9. The third kappa shape index (κ3) is 4.72. The number of halogens is 2. The molecule has 29 heavy (non-hydrogen) atoms. The fourth-order valence-electron chi connectivity index (χ4n) is 2.62. The summed E-state index contributed by atoms with van der Waals surface area (Å²) in [5, 5.41) is 3.48. The lowest BCUT2D eigenvalue weighted by atomic mass is 10.1. The molecular weight excluding hydrogens is 431 g/mol. The summed E-state index contributed by atoms with van der Waals surface area (Å²) in [6.45, 7) is 1.88. The van der Waals surface area contributed by atoms with Crippen molar-refractivity contribution in [2.75, 3.05) is 16.7 Å². The maximum Gasteiger partial charge on any atom is 0.264 e. The van der Waals surface area contributed by atoms with Crippen LogP contribution in [0.1, 0.15) is 15.9 Å². The van der Waals surface area contributed by atoms with Crippen LogP contribution in [0.15, 0.2) is 71.6 Å². The molecule has 0 heterocycles. The second-order valence-corrected chi connectivity index (χ2v) is 9.22. The molecule has 3 aromatic rings. The number of benzene rings is 3. The minimum Gasteiger partial charge on any atom is -0.322 e. The number of hydrogen-bond acceptors (Lipinski definition) is 3. The van der Waals surface area contributed by atoms with Crippen molar-refractivity contribution in [1.29, 1.82) is 0 Å². The van der Waals surface area contributed by atoms with Crippen LogP contribution >= 0.6 is 23.2 Å². The Morgan fingerprint density at radius 3 is 2.17 bits per heavy atom. The standard InChI is InChI=1S/C21H18Cl2N2O3S/c1-14-3-10-18(11-4-14)29(27,28)25(2)17-9-12-20(23)19(13-17)21(26)24-16-7-5-15(22)6-8-16/h3-13H,1-2H3,(H,24,26). The van der Waals surface area contributed by atoms with Crippen molar-refractivity contribution in [2.45, 2.75) is 11.8 Å². The number of carbonyl (C=O) groups excluding carboxylic acids is 1. The van der Waals surface area contributed by atoms with E-state index in [1.165, 1.54) is 19.2 Å². The molecule has 0 fully saturated rings. The first-order valence-corrected chi connectivity index (χ1v) is 10.8. The quantitative estimate of drug-likeness (QED) is 0.569. The Labute approximate surface area is 179 Å². The Kier molecular flexibility index (Phi) is 6.17. The van der Waals surface area contributed by atoms with Gasteiger partial charge in [-0.1, -0.05) is 40.9 Å². The number of sulfonamides is 1. The predicted octanol–water partition coefficient (Wildman–Crippen LogP) is 5.38. The normalized spacial score (nSPS) is 11.2. The van der Waals surface area contributed by atoms with Crippen LogP contribution in [0.5, 0.6) is 0 Å². The number of aryl methyl sites for hydroxylation is 1. The van der Waals surface area contributed by atoms with E-state index >= 15 is 0 Å². The van der Waals surface area contributed by atoms with Crippen LogP contribution < -0.4 is 9.62 Å². The van der Waals surface area contributed by atoms with Gasteiger partial charge < -0.3 is 5.32 Å². The van der Waals surface area contributed by atoms with Crippen molar-refractivity contribution in [1.82, 2.24) is 0 Å². The molecule has 0 spiro atoms. The van der Waals surface area contributed by atoms with E-state index in [-0.39, 0.29) is 15.5 Å². The highest BCUT2D eigenvalue weighted by Crippen LogP contribution is 2.27. The summed E-state index contributed by atoms with van der Waals surface area (Å²) in [6.07, 6.45) is 0. The SMILES string of the molecule is Cc1ccc(S(=O)(=O)N(C)c2ccc(Cl)c(C(=O)Nc3ccc(Cl)cc3)c2)cc1. The summed E-state index contributed by atoms with van der Waals surface area (Å²) in [4.78, 5) is 12.8. The third-order valence-corrected chi connectivity index (χ3v) is 6.72. The molecule has 0 bridgehead atoms. The fourth-order valence-corrected chi connectivity index (χ4v) is 4.14. The average molecular weight is 449 g/mol. The highest BCUT2D eigenvalue weighted by molar-refractivity contribution is 7.92. The minimum atomic E-state index is -3.78. The molecule has 1 amide bonds. The first-order chi connectivity index (χ1) is 13.7. The number of anilines is 2. The molecule has 8 heteroatoms. The van der Waals surface area contributed by atoms with Crippen molar-refractivity contribution >= 4 is 50.5 Å². The molecule has 5 nitrogen and oxygen atoms in total. The van der Waals surface area contributed by atoms with Crippen LogP contribution in [0.3, 0.4) is 0 Å². The summed E-state index contributed by atoms with van der Waals surface area (Å²) in [6, 6.07) is 17.7. The van der Waals surface area contributed by atoms with E-state index in [1.54, 1.807) is 54.6 Å². The first kappa shape index (κ1) is 21.2. The van der Waals surface area contributed by atoms with Gasteiger partial charge in [0.05, 0.1) is 21.2 Å². The van der Waals surface area contributed by atoms with E-state index < -0.39 is 15.9 Å². The molecule has 0 aliphatic heterocycles. The molecule has 0 aliphatic rings. The molecule has 3 aromatic carbocycles. The van der Waals surface area contributed by atoms with Gasteiger partial charge in [0.25, 0.3) is 15.9 Å². The van der Waals surface area contributed by atoms with Gasteiger partial charge in [0.1, 0.15) is 0 Å². The topological polar surface area (TPSA) is 66.5 Å². The van der Waals surface area contributed by atoms with Crippen molar-refractivity contribution in [3.05, 3.63) is 87.9 Å². The lowest BCUT2D eigenvalue weighted by Gasteiger charge is -2.20. The number of nitrogens with one attached hydrogen (secondary N) is 1. The van der Waals surface area contributed by atoms with Crippen molar-refractivity contribution in [2.24, 2.45) is 0 Å². The number of nitrogens with zero attached hydrogens (tertiary/aromatic N) is 1. The second-order valence-electron chi connectivity index (χ2n) is 6.41. The highest BCUT2D eigenvalue weighted by Gasteiger charge is 2.23. The summed E-state index contributed by atoms with van der Waals surface area (Å²) in [5.74, 6) is -0.458. The molecule has 0 aliphatic carbocycles. The van der Waals surface area contributed by atoms with Gasteiger partial charge in [0.2, 0.25) is 0 Å². The third-order valence-electron chi connectivity index (χ3n) is 4.34. The number of hydrogen-bond donors (Lipinski definition) is 1. The van der Waals surface area contributed by atoms with Crippen LogP contribution in [0.25, 0.3) is 0 Å². The fraction of sp³-hybridized carbons (Fsp3) is 0.0952. The van der Waals surface area contributed by atoms with Gasteiger partial charge in [-0.3, -0.25) is 9.10 Å². The van der Waals surface area contributed by atoms with Crippen LogP contribution in [0.4, 0.5) is 11.4 Å². The molecule has 3 rings (SSSR count). The smallest absolute Gasteiger partial charge is 0.264 e. The Bertz CT molecular complexity index is 1150. The van der Waals surface area contributed by atoms with Crippen LogP contribution in [0.2, 0.25) is 10.0 Å². The zero-order valence-corrected chi connectivity index (χ0v) is 18.0. The summed E-state index contributed by atoms with van der Waals surface area (Å²) in [5.41, 5.74) is 1.97. The van der Waals surface area contributed by atoms with Gasteiger partial charge in [-0.15, -0.1) is 0 Å². The van der Waals surface area contributed by atoms with E-state index in [4.69, 9.17) is 23.2 Å². The van der Waals surface area contributed by atoms with Crippen molar-refractivity contribution < 1.29 is 13.2 Å². The minimum absolute atomic E-state index is 0.157. The molecule has 0 saturated heterocycles. The molecule has 1 N–H and O–H groups in total. The van der Waals surface area contributed by atoms with Crippen LogP contribution in [-0.4, -0.2) is 21.4 Å².